The molecule has 0 aliphatic carbocycles. The van der Waals surface area contributed by atoms with E-state index in [1.165, 1.54) is 6.33 Å². The Labute approximate surface area is 126 Å². The topological polar surface area (TPSA) is 104 Å². The highest BCUT2D eigenvalue weighted by molar-refractivity contribution is 6.29. The highest BCUT2D eigenvalue weighted by Crippen LogP contribution is 2.12. The lowest BCUT2D eigenvalue weighted by atomic mass is 10.2. The van der Waals surface area contributed by atoms with Crippen LogP contribution in [0.2, 0.25) is 5.15 Å². The molecule has 0 radical (unpaired) electrons. The molecule has 0 unspecified atom stereocenters. The first-order valence-corrected chi connectivity index (χ1v) is 6.45. The Kier molecular flexibility index (Phi) is 4.78. The average Bonchev–Trinajstić information content (AvgIpc) is 2.53. The summed E-state index contributed by atoms with van der Waals surface area (Å²) in [4.78, 5) is 24.0. The Balaban J connectivity index is 2.13. The zero-order chi connectivity index (χ0) is 15.2. The van der Waals surface area contributed by atoms with Crippen molar-refractivity contribution in [1.82, 2.24) is 20.3 Å². The minimum Gasteiger partial charge on any atom is -0.372 e. The molecule has 2 heterocycles. The van der Waals surface area contributed by atoms with Crippen LogP contribution in [0.5, 0.6) is 0 Å². The van der Waals surface area contributed by atoms with Crippen molar-refractivity contribution >= 4 is 29.5 Å². The standard InChI is InChI=1S/C13H13ClN6O/c1-16-12-9(4-15)11(19-7-20-12)13(21)18-6-8-2-3-10(14)17-5-8/h2-5,7,15H,6H2,1H3,(H,18,21)(H,16,19,20). The second kappa shape index (κ2) is 6.76. The number of aromatic nitrogens is 3. The predicted octanol–water partition coefficient (Wildman–Crippen LogP) is 1.49. The molecule has 0 fully saturated rings. The number of rotatable bonds is 5. The quantitative estimate of drug-likeness (QED) is 0.573. The third kappa shape index (κ3) is 3.51. The average molecular weight is 305 g/mol. The van der Waals surface area contributed by atoms with Crippen LogP contribution < -0.4 is 10.6 Å². The first-order valence-electron chi connectivity index (χ1n) is 6.07. The normalized spacial score (nSPS) is 10.0. The summed E-state index contributed by atoms with van der Waals surface area (Å²) in [5.74, 6) is 0.0423. The van der Waals surface area contributed by atoms with E-state index in [1.807, 2.05) is 0 Å². The fraction of sp³-hybridized carbons (Fsp3) is 0.154. The molecule has 0 aliphatic heterocycles. The monoisotopic (exact) mass is 304 g/mol. The van der Waals surface area contributed by atoms with Crippen LogP contribution in [0.4, 0.5) is 5.82 Å². The summed E-state index contributed by atoms with van der Waals surface area (Å²) in [6, 6.07) is 3.42. The molecule has 7 nitrogen and oxygen atoms in total. The van der Waals surface area contributed by atoms with Gasteiger partial charge in [0.2, 0.25) is 0 Å². The fourth-order valence-corrected chi connectivity index (χ4v) is 1.80. The third-order valence-corrected chi connectivity index (χ3v) is 2.95. The second-order valence-corrected chi connectivity index (χ2v) is 4.44. The molecular formula is C13H13ClN6O. The van der Waals surface area contributed by atoms with E-state index < -0.39 is 0 Å². The molecule has 0 spiro atoms. The van der Waals surface area contributed by atoms with Crippen molar-refractivity contribution in [2.75, 3.05) is 12.4 Å². The SMILES string of the molecule is CNc1ncnc(C(=O)NCc2ccc(Cl)nc2)c1C=N. The summed E-state index contributed by atoms with van der Waals surface area (Å²) in [5, 5.41) is 13.3. The predicted molar refractivity (Wildman–Crippen MR) is 79.9 cm³/mol. The van der Waals surface area contributed by atoms with Gasteiger partial charge in [-0.3, -0.25) is 4.79 Å². The summed E-state index contributed by atoms with van der Waals surface area (Å²) in [5.41, 5.74) is 1.30. The third-order valence-electron chi connectivity index (χ3n) is 2.72. The molecule has 2 aromatic heterocycles. The van der Waals surface area contributed by atoms with Crippen molar-refractivity contribution in [3.63, 3.8) is 0 Å². The van der Waals surface area contributed by atoms with Crippen LogP contribution in [0.3, 0.4) is 0 Å². The van der Waals surface area contributed by atoms with Crippen molar-refractivity contribution in [1.29, 1.82) is 5.41 Å². The van der Waals surface area contributed by atoms with Crippen LogP contribution >= 0.6 is 11.6 Å². The number of halogens is 1. The van der Waals surface area contributed by atoms with Crippen molar-refractivity contribution in [2.45, 2.75) is 6.54 Å². The van der Waals surface area contributed by atoms with Gasteiger partial charge in [-0.2, -0.15) is 0 Å². The van der Waals surface area contributed by atoms with Gasteiger partial charge in [-0.05, 0) is 11.6 Å². The lowest BCUT2D eigenvalue weighted by Gasteiger charge is -2.09. The molecular weight excluding hydrogens is 292 g/mol. The zero-order valence-corrected chi connectivity index (χ0v) is 12.0. The van der Waals surface area contributed by atoms with E-state index in [4.69, 9.17) is 17.0 Å². The molecule has 0 aliphatic rings. The van der Waals surface area contributed by atoms with E-state index in [0.29, 0.717) is 23.1 Å². The van der Waals surface area contributed by atoms with Crippen molar-refractivity contribution < 1.29 is 4.79 Å². The van der Waals surface area contributed by atoms with Gasteiger partial charge in [0.15, 0.2) is 0 Å². The van der Waals surface area contributed by atoms with E-state index in [9.17, 15) is 4.79 Å². The molecule has 0 atom stereocenters. The van der Waals surface area contributed by atoms with Gasteiger partial charge in [0.25, 0.3) is 5.91 Å². The fourth-order valence-electron chi connectivity index (χ4n) is 1.69. The summed E-state index contributed by atoms with van der Waals surface area (Å²) < 4.78 is 0. The van der Waals surface area contributed by atoms with Crippen LogP contribution in [0, 0.1) is 5.41 Å². The number of hydrogen-bond acceptors (Lipinski definition) is 6. The van der Waals surface area contributed by atoms with E-state index in [0.717, 1.165) is 11.8 Å². The molecule has 3 N–H and O–H groups in total. The number of anilines is 1. The Morgan fingerprint density at radius 1 is 1.38 bits per heavy atom. The molecule has 2 aromatic rings. The Morgan fingerprint density at radius 3 is 2.81 bits per heavy atom. The van der Waals surface area contributed by atoms with Gasteiger partial charge in [0.05, 0.1) is 5.56 Å². The summed E-state index contributed by atoms with van der Waals surface area (Å²) in [6.07, 6.45) is 3.90. The number of carbonyl (C=O) groups excluding carboxylic acids is 1. The number of nitrogens with zero attached hydrogens (tertiary/aromatic N) is 3. The molecule has 108 valence electrons. The number of pyridine rings is 1. The zero-order valence-electron chi connectivity index (χ0n) is 11.2. The molecule has 8 heteroatoms. The van der Waals surface area contributed by atoms with Crippen LogP contribution in [0.1, 0.15) is 21.6 Å². The molecule has 0 saturated heterocycles. The van der Waals surface area contributed by atoms with Crippen molar-refractivity contribution in [3.8, 4) is 0 Å². The summed E-state index contributed by atoms with van der Waals surface area (Å²) in [7, 11) is 1.66. The Morgan fingerprint density at radius 2 is 2.19 bits per heavy atom. The van der Waals surface area contributed by atoms with Crippen LogP contribution in [-0.4, -0.2) is 34.1 Å². The van der Waals surface area contributed by atoms with Gasteiger partial charge in [-0.25, -0.2) is 15.0 Å². The smallest absolute Gasteiger partial charge is 0.271 e. The maximum atomic E-state index is 12.2. The number of hydrogen-bond donors (Lipinski definition) is 3. The van der Waals surface area contributed by atoms with Gasteiger partial charge in [0, 0.05) is 26.0 Å². The Bertz CT molecular complexity index is 658. The van der Waals surface area contributed by atoms with Gasteiger partial charge in [-0.15, -0.1) is 0 Å². The number of nitrogens with one attached hydrogen (secondary N) is 3. The van der Waals surface area contributed by atoms with E-state index in [-0.39, 0.29) is 11.6 Å². The summed E-state index contributed by atoms with van der Waals surface area (Å²) in [6.45, 7) is 0.291. The van der Waals surface area contributed by atoms with Gasteiger partial charge < -0.3 is 16.0 Å². The molecule has 1 amide bonds. The lowest BCUT2D eigenvalue weighted by molar-refractivity contribution is 0.0945. The van der Waals surface area contributed by atoms with Crippen molar-refractivity contribution in [2.24, 2.45) is 0 Å². The molecule has 0 bridgehead atoms. The Hall–Kier alpha value is -2.54. The van der Waals surface area contributed by atoms with Crippen molar-refractivity contribution in [3.05, 3.63) is 46.6 Å². The van der Waals surface area contributed by atoms with E-state index in [2.05, 4.69) is 25.6 Å². The van der Waals surface area contributed by atoms with Gasteiger partial charge in [0.1, 0.15) is 23.0 Å². The highest BCUT2D eigenvalue weighted by atomic mass is 35.5. The highest BCUT2D eigenvalue weighted by Gasteiger charge is 2.15. The number of amides is 1. The first-order chi connectivity index (χ1) is 10.2. The second-order valence-electron chi connectivity index (χ2n) is 4.05. The van der Waals surface area contributed by atoms with Crippen LogP contribution in [0.25, 0.3) is 0 Å². The summed E-state index contributed by atoms with van der Waals surface area (Å²) >= 11 is 5.70. The molecule has 2 rings (SSSR count). The van der Waals surface area contributed by atoms with Gasteiger partial charge in [-0.1, -0.05) is 17.7 Å². The molecule has 21 heavy (non-hydrogen) atoms. The largest absolute Gasteiger partial charge is 0.372 e. The number of carbonyl (C=O) groups is 1. The van der Waals surface area contributed by atoms with E-state index in [1.54, 1.807) is 25.4 Å². The van der Waals surface area contributed by atoms with Crippen LogP contribution in [-0.2, 0) is 6.54 Å². The maximum absolute atomic E-state index is 12.2. The van der Waals surface area contributed by atoms with Crippen LogP contribution in [0.15, 0.2) is 24.7 Å². The molecule has 0 aromatic carbocycles. The van der Waals surface area contributed by atoms with E-state index >= 15 is 0 Å². The minimum absolute atomic E-state index is 0.145. The lowest BCUT2D eigenvalue weighted by Crippen LogP contribution is -2.25. The molecule has 0 saturated carbocycles. The van der Waals surface area contributed by atoms with Gasteiger partial charge >= 0.3 is 0 Å². The minimum atomic E-state index is -0.387. The maximum Gasteiger partial charge on any atom is 0.271 e. The first kappa shape index (κ1) is 14.9.